The van der Waals surface area contributed by atoms with Crippen molar-refractivity contribution in [3.8, 4) is 5.75 Å². The molecule has 0 bridgehead atoms. The van der Waals surface area contributed by atoms with E-state index in [-0.39, 0.29) is 0 Å². The highest BCUT2D eigenvalue weighted by Crippen LogP contribution is 2.17. The van der Waals surface area contributed by atoms with Crippen LogP contribution >= 0.6 is 15.9 Å². The quantitative estimate of drug-likeness (QED) is 0.943. The van der Waals surface area contributed by atoms with E-state index in [0.717, 1.165) is 21.5 Å². The Morgan fingerprint density at radius 1 is 1.12 bits per heavy atom. The average molecular weight is 293 g/mol. The summed E-state index contributed by atoms with van der Waals surface area (Å²) in [6.45, 7) is 0.979. The lowest BCUT2D eigenvalue weighted by molar-refractivity contribution is 0.301. The van der Waals surface area contributed by atoms with Crippen LogP contribution in [0.2, 0.25) is 0 Å². The first-order chi connectivity index (χ1) is 8.28. The van der Waals surface area contributed by atoms with E-state index in [1.165, 1.54) is 0 Å². The molecule has 1 aromatic heterocycles. The lowest BCUT2D eigenvalue weighted by atomic mass is 10.2. The zero-order valence-corrected chi connectivity index (χ0v) is 10.9. The Morgan fingerprint density at radius 2 is 1.88 bits per heavy atom. The monoisotopic (exact) mass is 292 g/mol. The summed E-state index contributed by atoms with van der Waals surface area (Å²) >= 11 is 3.38. The third-order valence-corrected chi connectivity index (χ3v) is 2.85. The highest BCUT2D eigenvalue weighted by atomic mass is 79.9. The van der Waals surface area contributed by atoms with Gasteiger partial charge in [-0.25, -0.2) is 0 Å². The van der Waals surface area contributed by atoms with Gasteiger partial charge in [-0.2, -0.15) is 0 Å². The molecule has 1 heterocycles. The zero-order valence-electron chi connectivity index (χ0n) is 9.27. The Hall–Kier alpha value is -1.39. The van der Waals surface area contributed by atoms with Crippen molar-refractivity contribution in [1.29, 1.82) is 0 Å². The maximum Gasteiger partial charge on any atom is 0.130 e. The van der Waals surface area contributed by atoms with E-state index in [9.17, 15) is 0 Å². The summed E-state index contributed by atoms with van der Waals surface area (Å²) in [5, 5.41) is 0. The molecular weight excluding hydrogens is 280 g/mol. The number of benzene rings is 1. The fourth-order valence-corrected chi connectivity index (χ4v) is 1.61. The van der Waals surface area contributed by atoms with Crippen molar-refractivity contribution >= 4 is 15.9 Å². The predicted molar refractivity (Wildman–Crippen MR) is 70.6 cm³/mol. The minimum Gasteiger partial charge on any atom is -0.487 e. The van der Waals surface area contributed by atoms with Gasteiger partial charge in [0.2, 0.25) is 0 Å². The number of hydrogen-bond donors (Lipinski definition) is 1. The second kappa shape index (κ2) is 5.80. The van der Waals surface area contributed by atoms with Gasteiger partial charge in [0.1, 0.15) is 12.4 Å². The van der Waals surface area contributed by atoms with E-state index in [1.807, 2.05) is 36.4 Å². The molecule has 4 heteroatoms. The van der Waals surface area contributed by atoms with Gasteiger partial charge in [-0.05, 0) is 35.9 Å². The van der Waals surface area contributed by atoms with Gasteiger partial charge in [-0.1, -0.05) is 22.0 Å². The molecule has 0 saturated heterocycles. The largest absolute Gasteiger partial charge is 0.487 e. The molecule has 17 heavy (non-hydrogen) atoms. The van der Waals surface area contributed by atoms with Gasteiger partial charge in [0, 0.05) is 17.2 Å². The third-order valence-electron chi connectivity index (χ3n) is 2.32. The van der Waals surface area contributed by atoms with E-state index in [2.05, 4.69) is 20.9 Å². The van der Waals surface area contributed by atoms with Crippen molar-refractivity contribution in [3.05, 3.63) is 58.3 Å². The van der Waals surface area contributed by atoms with Gasteiger partial charge in [-0.3, -0.25) is 4.98 Å². The fraction of sp³-hybridized carbons (Fsp3) is 0.154. The molecule has 0 radical (unpaired) electrons. The zero-order chi connectivity index (χ0) is 12.1. The van der Waals surface area contributed by atoms with Crippen molar-refractivity contribution in [2.45, 2.75) is 13.2 Å². The molecule has 2 aromatic rings. The van der Waals surface area contributed by atoms with Crippen LogP contribution in [0.25, 0.3) is 0 Å². The summed E-state index contributed by atoms with van der Waals surface area (Å²) in [4.78, 5) is 4.27. The van der Waals surface area contributed by atoms with Crippen LogP contribution in [-0.4, -0.2) is 4.98 Å². The second-order valence-corrected chi connectivity index (χ2v) is 4.52. The molecule has 2 N–H and O–H groups in total. The summed E-state index contributed by atoms with van der Waals surface area (Å²) in [5.41, 5.74) is 7.42. The summed E-state index contributed by atoms with van der Waals surface area (Å²) in [6, 6.07) is 11.6. The van der Waals surface area contributed by atoms with Crippen LogP contribution in [0.3, 0.4) is 0 Å². The molecule has 0 aliphatic rings. The first kappa shape index (κ1) is 12.1. The smallest absolute Gasteiger partial charge is 0.130 e. The molecule has 1 aromatic carbocycles. The number of aromatic nitrogens is 1. The molecule has 2 rings (SSSR count). The lowest BCUT2D eigenvalue weighted by Gasteiger charge is -2.06. The molecule has 0 amide bonds. The molecule has 3 nitrogen and oxygen atoms in total. The van der Waals surface area contributed by atoms with E-state index in [1.54, 1.807) is 6.20 Å². The van der Waals surface area contributed by atoms with Crippen LogP contribution in [-0.2, 0) is 13.2 Å². The van der Waals surface area contributed by atoms with Crippen molar-refractivity contribution in [2.75, 3.05) is 0 Å². The summed E-state index contributed by atoms with van der Waals surface area (Å²) in [6.07, 6.45) is 1.78. The predicted octanol–water partition coefficient (Wildman–Crippen LogP) is 2.88. The molecule has 0 fully saturated rings. The second-order valence-electron chi connectivity index (χ2n) is 3.60. The van der Waals surface area contributed by atoms with E-state index < -0.39 is 0 Å². The number of halogens is 1. The highest BCUT2D eigenvalue weighted by Gasteiger charge is 1.97. The van der Waals surface area contributed by atoms with Crippen molar-refractivity contribution in [3.63, 3.8) is 0 Å². The van der Waals surface area contributed by atoms with Gasteiger partial charge in [0.15, 0.2) is 0 Å². The first-order valence-corrected chi connectivity index (χ1v) is 6.09. The topological polar surface area (TPSA) is 48.1 Å². The number of hydrogen-bond acceptors (Lipinski definition) is 3. The number of nitrogens with two attached hydrogens (primary N) is 1. The Balaban J connectivity index is 1.95. The van der Waals surface area contributed by atoms with Gasteiger partial charge >= 0.3 is 0 Å². The minimum absolute atomic E-state index is 0.465. The Kier molecular flexibility index (Phi) is 4.12. The molecule has 0 spiro atoms. The van der Waals surface area contributed by atoms with Crippen molar-refractivity contribution < 1.29 is 4.74 Å². The lowest BCUT2D eigenvalue weighted by Crippen LogP contribution is -2.01. The minimum atomic E-state index is 0.465. The van der Waals surface area contributed by atoms with E-state index in [4.69, 9.17) is 10.5 Å². The Morgan fingerprint density at radius 3 is 2.47 bits per heavy atom. The number of nitrogens with zero attached hydrogens (tertiary/aromatic N) is 1. The maximum absolute atomic E-state index is 5.61. The molecule has 0 saturated carbocycles. The van der Waals surface area contributed by atoms with E-state index in [0.29, 0.717) is 13.2 Å². The average Bonchev–Trinajstić information content (AvgIpc) is 2.39. The van der Waals surface area contributed by atoms with Gasteiger partial charge in [-0.15, -0.1) is 0 Å². The van der Waals surface area contributed by atoms with Gasteiger partial charge in [0.25, 0.3) is 0 Å². The van der Waals surface area contributed by atoms with Crippen LogP contribution in [0.5, 0.6) is 5.75 Å². The van der Waals surface area contributed by atoms with Crippen LogP contribution in [0, 0.1) is 0 Å². The summed E-state index contributed by atoms with van der Waals surface area (Å²) in [5.74, 6) is 0.831. The van der Waals surface area contributed by atoms with E-state index >= 15 is 0 Å². The highest BCUT2D eigenvalue weighted by molar-refractivity contribution is 9.10. The molecule has 0 atom stereocenters. The van der Waals surface area contributed by atoms with Crippen LogP contribution < -0.4 is 10.5 Å². The SMILES string of the molecule is NCc1ccc(COc2ccc(Br)cc2)nc1. The third kappa shape index (κ3) is 3.54. The molecular formula is C13H13BrN2O. The summed E-state index contributed by atoms with van der Waals surface area (Å²) in [7, 11) is 0. The maximum atomic E-state index is 5.61. The molecule has 88 valence electrons. The van der Waals surface area contributed by atoms with Crippen LogP contribution in [0.15, 0.2) is 47.1 Å². The normalized spacial score (nSPS) is 10.2. The Labute approximate surface area is 109 Å². The molecule has 0 aliphatic carbocycles. The van der Waals surface area contributed by atoms with Crippen LogP contribution in [0.1, 0.15) is 11.3 Å². The van der Waals surface area contributed by atoms with Crippen molar-refractivity contribution in [2.24, 2.45) is 5.73 Å². The first-order valence-electron chi connectivity index (χ1n) is 5.30. The van der Waals surface area contributed by atoms with Crippen molar-refractivity contribution in [1.82, 2.24) is 4.98 Å². The van der Waals surface area contributed by atoms with Gasteiger partial charge in [0.05, 0.1) is 5.69 Å². The molecule has 0 unspecified atom stereocenters. The summed E-state index contributed by atoms with van der Waals surface area (Å²) < 4.78 is 6.64. The van der Waals surface area contributed by atoms with Crippen LogP contribution in [0.4, 0.5) is 0 Å². The Bertz CT molecular complexity index is 468. The fourth-order valence-electron chi connectivity index (χ4n) is 1.35. The number of pyridine rings is 1. The standard InChI is InChI=1S/C13H13BrN2O/c14-11-2-5-13(6-3-11)17-9-12-4-1-10(7-15)8-16-12/h1-6,8H,7,9,15H2. The van der Waals surface area contributed by atoms with Gasteiger partial charge < -0.3 is 10.5 Å². The number of rotatable bonds is 4. The molecule has 0 aliphatic heterocycles. The number of ether oxygens (including phenoxy) is 1.